The summed E-state index contributed by atoms with van der Waals surface area (Å²) in [5.74, 6) is 1.51. The number of nitrogens with one attached hydrogen (secondary N) is 1. The lowest BCUT2D eigenvalue weighted by Gasteiger charge is -2.07. The Morgan fingerprint density at radius 1 is 1.44 bits per heavy atom. The Bertz CT molecular complexity index is 334. The van der Waals surface area contributed by atoms with Gasteiger partial charge in [0, 0.05) is 0 Å². The van der Waals surface area contributed by atoms with Crippen LogP contribution < -0.4 is 11.1 Å². The molecule has 1 rings (SSSR count). The monoisotopic (exact) mass is 260 g/mol. The number of carbonyl (C=O) groups is 1. The first-order valence-corrected chi connectivity index (χ1v) is 6.11. The second kappa shape index (κ2) is 8.30. The van der Waals surface area contributed by atoms with Crippen molar-refractivity contribution in [2.75, 3.05) is 22.6 Å². The smallest absolute Gasteiger partial charge is 0.234 e. The van der Waals surface area contributed by atoms with E-state index in [9.17, 15) is 4.79 Å². The minimum Gasteiger partial charge on any atom is -0.397 e. The minimum absolute atomic E-state index is 0. The molecule has 0 heterocycles. The van der Waals surface area contributed by atoms with E-state index in [1.165, 1.54) is 0 Å². The van der Waals surface area contributed by atoms with Crippen molar-refractivity contribution in [1.82, 2.24) is 0 Å². The van der Waals surface area contributed by atoms with Crippen LogP contribution >= 0.6 is 24.2 Å². The fourth-order valence-electron chi connectivity index (χ4n) is 1.11. The molecule has 0 aliphatic heterocycles. The van der Waals surface area contributed by atoms with Gasteiger partial charge in [-0.05, 0) is 24.3 Å². The molecule has 1 aromatic carbocycles. The largest absolute Gasteiger partial charge is 0.397 e. The molecule has 1 amide bonds. The van der Waals surface area contributed by atoms with Gasteiger partial charge in [-0.15, -0.1) is 12.4 Å². The molecule has 0 atom stereocenters. The van der Waals surface area contributed by atoms with Crippen LogP contribution in [-0.4, -0.2) is 17.4 Å². The quantitative estimate of drug-likeness (QED) is 0.632. The highest BCUT2D eigenvalue weighted by atomic mass is 35.5. The van der Waals surface area contributed by atoms with Crippen molar-refractivity contribution < 1.29 is 4.79 Å². The third-order valence-electron chi connectivity index (χ3n) is 1.82. The first-order valence-electron chi connectivity index (χ1n) is 4.96. The van der Waals surface area contributed by atoms with Gasteiger partial charge in [-0.25, -0.2) is 0 Å². The molecule has 0 saturated carbocycles. The van der Waals surface area contributed by atoms with Gasteiger partial charge in [0.25, 0.3) is 0 Å². The zero-order valence-corrected chi connectivity index (χ0v) is 10.9. The van der Waals surface area contributed by atoms with Gasteiger partial charge in [0.2, 0.25) is 5.91 Å². The molecule has 0 spiro atoms. The molecule has 0 unspecified atom stereocenters. The van der Waals surface area contributed by atoms with Gasteiger partial charge in [0.1, 0.15) is 0 Å². The maximum atomic E-state index is 11.5. The summed E-state index contributed by atoms with van der Waals surface area (Å²) in [5, 5.41) is 2.78. The number of carbonyl (C=O) groups excluding carboxylic acids is 1. The third kappa shape index (κ3) is 5.28. The molecule has 0 radical (unpaired) electrons. The van der Waals surface area contributed by atoms with E-state index in [1.807, 2.05) is 12.1 Å². The lowest BCUT2D eigenvalue weighted by molar-refractivity contribution is -0.113. The van der Waals surface area contributed by atoms with Gasteiger partial charge < -0.3 is 11.1 Å². The van der Waals surface area contributed by atoms with E-state index in [2.05, 4.69) is 12.2 Å². The number of amides is 1. The Balaban J connectivity index is 0.00000225. The number of anilines is 2. The second-order valence-corrected chi connectivity index (χ2v) is 4.29. The predicted molar refractivity (Wildman–Crippen MR) is 74.3 cm³/mol. The molecule has 0 aliphatic rings. The van der Waals surface area contributed by atoms with Gasteiger partial charge in [-0.3, -0.25) is 4.79 Å². The van der Waals surface area contributed by atoms with Gasteiger partial charge in [-0.1, -0.05) is 19.1 Å². The number of halogens is 1. The summed E-state index contributed by atoms with van der Waals surface area (Å²) in [4.78, 5) is 11.5. The number of rotatable bonds is 5. The molecule has 1 aromatic rings. The summed E-state index contributed by atoms with van der Waals surface area (Å²) < 4.78 is 0. The number of nitrogen functional groups attached to an aromatic ring is 1. The van der Waals surface area contributed by atoms with E-state index >= 15 is 0 Å². The molecule has 5 heteroatoms. The van der Waals surface area contributed by atoms with Crippen LogP contribution in [0.2, 0.25) is 0 Å². The summed E-state index contributed by atoms with van der Waals surface area (Å²) in [6, 6.07) is 7.27. The Kier molecular flexibility index (Phi) is 7.85. The van der Waals surface area contributed by atoms with Crippen molar-refractivity contribution in [2.45, 2.75) is 13.3 Å². The Labute approximate surface area is 107 Å². The zero-order chi connectivity index (χ0) is 11.1. The molecule has 0 aromatic heterocycles. The Morgan fingerprint density at radius 3 is 2.75 bits per heavy atom. The summed E-state index contributed by atoms with van der Waals surface area (Å²) >= 11 is 1.63. The van der Waals surface area contributed by atoms with E-state index in [4.69, 9.17) is 5.73 Å². The van der Waals surface area contributed by atoms with Gasteiger partial charge in [0.05, 0.1) is 17.1 Å². The van der Waals surface area contributed by atoms with Gasteiger partial charge >= 0.3 is 0 Å². The standard InChI is InChI=1S/C11H16N2OS.ClH/c1-2-7-15-8-11(14)13-10-6-4-3-5-9(10)12;/h3-6H,2,7-8,12H2,1H3,(H,13,14);1H. The van der Waals surface area contributed by atoms with Crippen molar-refractivity contribution in [3.8, 4) is 0 Å². The lowest BCUT2D eigenvalue weighted by atomic mass is 10.3. The Morgan fingerprint density at radius 2 is 2.12 bits per heavy atom. The number of benzene rings is 1. The zero-order valence-electron chi connectivity index (χ0n) is 9.23. The normalized spacial score (nSPS) is 9.31. The molecule has 3 N–H and O–H groups in total. The first-order chi connectivity index (χ1) is 7.24. The predicted octanol–water partition coefficient (Wildman–Crippen LogP) is 2.77. The number of nitrogens with two attached hydrogens (primary N) is 1. The molecular formula is C11H17ClN2OS. The summed E-state index contributed by atoms with van der Waals surface area (Å²) in [7, 11) is 0. The summed E-state index contributed by atoms with van der Waals surface area (Å²) in [5.41, 5.74) is 7.00. The topological polar surface area (TPSA) is 55.1 Å². The fraction of sp³-hybridized carbons (Fsp3) is 0.364. The van der Waals surface area contributed by atoms with Crippen LogP contribution in [0, 0.1) is 0 Å². The molecule has 0 saturated heterocycles. The average Bonchev–Trinajstić information content (AvgIpc) is 2.22. The van der Waals surface area contributed by atoms with Crippen molar-refractivity contribution in [2.24, 2.45) is 0 Å². The van der Waals surface area contributed by atoms with Crippen LogP contribution in [0.25, 0.3) is 0 Å². The number of para-hydroxylation sites is 2. The third-order valence-corrected chi connectivity index (χ3v) is 2.98. The van der Waals surface area contributed by atoms with Crippen LogP contribution in [0.1, 0.15) is 13.3 Å². The Hall–Kier alpha value is -0.870. The van der Waals surface area contributed by atoms with Crippen molar-refractivity contribution in [3.05, 3.63) is 24.3 Å². The molecule has 16 heavy (non-hydrogen) atoms. The van der Waals surface area contributed by atoms with Crippen LogP contribution in [0.4, 0.5) is 11.4 Å². The van der Waals surface area contributed by atoms with Crippen LogP contribution in [0.3, 0.4) is 0 Å². The van der Waals surface area contributed by atoms with Crippen LogP contribution in [0.5, 0.6) is 0 Å². The highest BCUT2D eigenvalue weighted by Crippen LogP contribution is 2.16. The van der Waals surface area contributed by atoms with E-state index in [1.54, 1.807) is 23.9 Å². The van der Waals surface area contributed by atoms with Crippen molar-refractivity contribution >= 4 is 41.5 Å². The van der Waals surface area contributed by atoms with E-state index < -0.39 is 0 Å². The van der Waals surface area contributed by atoms with E-state index in [0.29, 0.717) is 17.1 Å². The van der Waals surface area contributed by atoms with Gasteiger partial charge in [0.15, 0.2) is 0 Å². The molecular weight excluding hydrogens is 244 g/mol. The lowest BCUT2D eigenvalue weighted by Crippen LogP contribution is -2.15. The average molecular weight is 261 g/mol. The van der Waals surface area contributed by atoms with Gasteiger partial charge in [-0.2, -0.15) is 11.8 Å². The maximum Gasteiger partial charge on any atom is 0.234 e. The first kappa shape index (κ1) is 15.1. The fourth-order valence-corrected chi connectivity index (χ4v) is 1.80. The maximum absolute atomic E-state index is 11.5. The van der Waals surface area contributed by atoms with Crippen molar-refractivity contribution in [1.29, 1.82) is 0 Å². The minimum atomic E-state index is 0. The molecule has 0 bridgehead atoms. The number of thioether (sulfide) groups is 1. The SMILES string of the molecule is CCCSCC(=O)Nc1ccccc1N.Cl. The van der Waals surface area contributed by atoms with E-state index in [0.717, 1.165) is 12.2 Å². The number of hydrogen-bond acceptors (Lipinski definition) is 3. The van der Waals surface area contributed by atoms with E-state index in [-0.39, 0.29) is 18.3 Å². The molecule has 3 nitrogen and oxygen atoms in total. The van der Waals surface area contributed by atoms with Crippen molar-refractivity contribution in [3.63, 3.8) is 0 Å². The molecule has 90 valence electrons. The molecule has 0 fully saturated rings. The summed E-state index contributed by atoms with van der Waals surface area (Å²) in [6.07, 6.45) is 1.09. The summed E-state index contributed by atoms with van der Waals surface area (Å²) in [6.45, 7) is 2.10. The highest BCUT2D eigenvalue weighted by molar-refractivity contribution is 7.99. The molecule has 0 aliphatic carbocycles. The van der Waals surface area contributed by atoms with Crippen LogP contribution in [0.15, 0.2) is 24.3 Å². The van der Waals surface area contributed by atoms with Crippen LogP contribution in [-0.2, 0) is 4.79 Å². The highest BCUT2D eigenvalue weighted by Gasteiger charge is 2.03. The second-order valence-electron chi connectivity index (χ2n) is 3.19. The number of hydrogen-bond donors (Lipinski definition) is 2.